The maximum absolute atomic E-state index is 9.54. The second-order valence-corrected chi connectivity index (χ2v) is 6.14. The van der Waals surface area contributed by atoms with Crippen molar-refractivity contribution in [3.8, 4) is 0 Å². The standard InChI is InChI=1S/C12H19ClN4OS/c1-2-5-19-12-16-10(13)9(14)11(17-12)15-7-3-4-8(18)6-7/h7-8,18H,2-6,14H2,1H3,(H,15,16,17)/t7-,8+/m0/s1. The second kappa shape index (κ2) is 6.63. The summed E-state index contributed by atoms with van der Waals surface area (Å²) in [5.74, 6) is 1.53. The molecule has 5 nitrogen and oxygen atoms in total. The Morgan fingerprint density at radius 3 is 2.89 bits per heavy atom. The van der Waals surface area contributed by atoms with Gasteiger partial charge in [-0.15, -0.1) is 0 Å². The van der Waals surface area contributed by atoms with E-state index in [1.165, 1.54) is 0 Å². The van der Waals surface area contributed by atoms with Gasteiger partial charge in [-0.1, -0.05) is 30.3 Å². The third-order valence-electron chi connectivity index (χ3n) is 3.06. The third kappa shape index (κ3) is 3.87. The van der Waals surface area contributed by atoms with Gasteiger partial charge in [-0.2, -0.15) is 0 Å². The van der Waals surface area contributed by atoms with E-state index >= 15 is 0 Å². The molecule has 0 spiro atoms. The number of hydrogen-bond donors (Lipinski definition) is 3. The van der Waals surface area contributed by atoms with E-state index in [9.17, 15) is 5.11 Å². The topological polar surface area (TPSA) is 84.1 Å². The minimum Gasteiger partial charge on any atom is -0.393 e. The summed E-state index contributed by atoms with van der Waals surface area (Å²) in [6.07, 6.45) is 3.27. The summed E-state index contributed by atoms with van der Waals surface area (Å²) < 4.78 is 0. The molecule has 4 N–H and O–H groups in total. The van der Waals surface area contributed by atoms with Gasteiger partial charge >= 0.3 is 0 Å². The average molecular weight is 303 g/mol. The van der Waals surface area contributed by atoms with Gasteiger partial charge in [-0.05, 0) is 25.7 Å². The Balaban J connectivity index is 2.11. The van der Waals surface area contributed by atoms with Crippen LogP contribution in [0.5, 0.6) is 0 Å². The second-order valence-electron chi connectivity index (χ2n) is 4.72. The molecule has 0 bridgehead atoms. The van der Waals surface area contributed by atoms with Crippen LogP contribution in [0.25, 0.3) is 0 Å². The van der Waals surface area contributed by atoms with E-state index in [0.29, 0.717) is 16.7 Å². The lowest BCUT2D eigenvalue weighted by molar-refractivity contribution is 0.182. The normalized spacial score (nSPS) is 22.7. The van der Waals surface area contributed by atoms with E-state index in [1.807, 2.05) is 0 Å². The van der Waals surface area contributed by atoms with Crippen LogP contribution in [0.4, 0.5) is 11.5 Å². The van der Waals surface area contributed by atoms with Gasteiger partial charge in [0.05, 0.1) is 6.10 Å². The van der Waals surface area contributed by atoms with E-state index in [4.69, 9.17) is 17.3 Å². The van der Waals surface area contributed by atoms with Crippen LogP contribution in [0, 0.1) is 0 Å². The fourth-order valence-electron chi connectivity index (χ4n) is 2.07. The molecule has 2 rings (SSSR count). The highest BCUT2D eigenvalue weighted by molar-refractivity contribution is 7.99. The minimum absolute atomic E-state index is 0.201. The molecule has 1 saturated carbocycles. The first-order valence-corrected chi connectivity index (χ1v) is 7.87. The highest BCUT2D eigenvalue weighted by atomic mass is 35.5. The first kappa shape index (κ1) is 14.7. The number of aromatic nitrogens is 2. The van der Waals surface area contributed by atoms with Crippen molar-refractivity contribution in [2.45, 2.75) is 49.9 Å². The molecule has 1 aliphatic rings. The first-order chi connectivity index (χ1) is 9.10. The molecule has 1 heterocycles. The van der Waals surface area contributed by atoms with Gasteiger partial charge < -0.3 is 16.2 Å². The molecule has 0 aliphatic heterocycles. The molecule has 0 unspecified atom stereocenters. The van der Waals surface area contributed by atoms with Crippen molar-refractivity contribution in [3.63, 3.8) is 0 Å². The lowest BCUT2D eigenvalue weighted by atomic mass is 10.2. The smallest absolute Gasteiger partial charge is 0.191 e. The van der Waals surface area contributed by atoms with Gasteiger partial charge in [-0.3, -0.25) is 0 Å². The molecule has 1 aromatic heterocycles. The number of anilines is 2. The zero-order valence-electron chi connectivity index (χ0n) is 10.9. The summed E-state index contributed by atoms with van der Waals surface area (Å²) in [6, 6.07) is 0.201. The van der Waals surface area contributed by atoms with E-state index in [2.05, 4.69) is 22.2 Å². The lowest BCUT2D eigenvalue weighted by Crippen LogP contribution is -2.19. The molecule has 106 valence electrons. The van der Waals surface area contributed by atoms with Crippen molar-refractivity contribution in [2.24, 2.45) is 0 Å². The maximum atomic E-state index is 9.54. The minimum atomic E-state index is -0.232. The van der Waals surface area contributed by atoms with E-state index in [1.54, 1.807) is 11.8 Å². The number of aliphatic hydroxyl groups is 1. The molecule has 0 amide bonds. The number of rotatable bonds is 5. The van der Waals surface area contributed by atoms with Crippen LogP contribution in [0.15, 0.2) is 5.16 Å². The van der Waals surface area contributed by atoms with Crippen LogP contribution in [0.1, 0.15) is 32.6 Å². The van der Waals surface area contributed by atoms with E-state index in [0.717, 1.165) is 31.4 Å². The van der Waals surface area contributed by atoms with Crippen LogP contribution in [0.2, 0.25) is 5.15 Å². The Hall–Kier alpha value is -0.720. The quantitative estimate of drug-likeness (QED) is 0.440. The van der Waals surface area contributed by atoms with Crippen LogP contribution in [-0.2, 0) is 0 Å². The fraction of sp³-hybridized carbons (Fsp3) is 0.667. The monoisotopic (exact) mass is 302 g/mol. The molecule has 19 heavy (non-hydrogen) atoms. The van der Waals surface area contributed by atoms with Gasteiger partial charge in [-0.25, -0.2) is 9.97 Å². The highest BCUT2D eigenvalue weighted by Gasteiger charge is 2.24. The fourth-order valence-corrected chi connectivity index (χ4v) is 2.99. The van der Waals surface area contributed by atoms with Gasteiger partial charge in [0.2, 0.25) is 0 Å². The SMILES string of the molecule is CCCSc1nc(Cl)c(N)c(N[C@H]2CC[C@@H](O)C2)n1. The van der Waals surface area contributed by atoms with Crippen LogP contribution in [0.3, 0.4) is 0 Å². The zero-order chi connectivity index (χ0) is 13.8. The largest absolute Gasteiger partial charge is 0.393 e. The molecular formula is C12H19ClN4OS. The van der Waals surface area contributed by atoms with Crippen molar-refractivity contribution >= 4 is 34.9 Å². The predicted molar refractivity (Wildman–Crippen MR) is 79.7 cm³/mol. The summed E-state index contributed by atoms with van der Waals surface area (Å²) in [4.78, 5) is 8.57. The van der Waals surface area contributed by atoms with Crippen molar-refractivity contribution in [2.75, 3.05) is 16.8 Å². The molecule has 1 aromatic rings. The molecule has 0 saturated heterocycles. The van der Waals surface area contributed by atoms with Crippen molar-refractivity contribution < 1.29 is 5.11 Å². The van der Waals surface area contributed by atoms with E-state index in [-0.39, 0.29) is 17.3 Å². The number of aliphatic hydroxyl groups excluding tert-OH is 1. The lowest BCUT2D eigenvalue weighted by Gasteiger charge is -2.15. The Labute approximate surface area is 122 Å². The first-order valence-electron chi connectivity index (χ1n) is 6.50. The van der Waals surface area contributed by atoms with E-state index < -0.39 is 0 Å². The van der Waals surface area contributed by atoms with Crippen molar-refractivity contribution in [1.29, 1.82) is 0 Å². The number of nitrogens with two attached hydrogens (primary N) is 1. The number of thioether (sulfide) groups is 1. The molecule has 1 fully saturated rings. The third-order valence-corrected chi connectivity index (χ3v) is 4.40. The molecule has 7 heteroatoms. The summed E-state index contributed by atoms with van der Waals surface area (Å²) in [7, 11) is 0. The predicted octanol–water partition coefficient (Wildman–Crippen LogP) is 2.54. The number of hydrogen-bond acceptors (Lipinski definition) is 6. The summed E-state index contributed by atoms with van der Waals surface area (Å²) in [5.41, 5.74) is 6.28. The maximum Gasteiger partial charge on any atom is 0.191 e. The molecule has 2 atom stereocenters. The zero-order valence-corrected chi connectivity index (χ0v) is 12.5. The molecular weight excluding hydrogens is 284 g/mol. The Kier molecular flexibility index (Phi) is 5.13. The number of halogens is 1. The summed E-state index contributed by atoms with van der Waals surface area (Å²) in [5, 5.41) is 13.7. The van der Waals surface area contributed by atoms with Crippen molar-refractivity contribution in [3.05, 3.63) is 5.15 Å². The summed E-state index contributed by atoms with van der Waals surface area (Å²) in [6.45, 7) is 2.10. The van der Waals surface area contributed by atoms with Gasteiger partial charge in [0, 0.05) is 11.8 Å². The molecule has 0 radical (unpaired) electrons. The highest BCUT2D eigenvalue weighted by Crippen LogP contribution is 2.30. The molecule has 0 aromatic carbocycles. The average Bonchev–Trinajstić information content (AvgIpc) is 2.78. The molecule has 1 aliphatic carbocycles. The number of nitrogens with one attached hydrogen (secondary N) is 1. The Morgan fingerprint density at radius 2 is 2.26 bits per heavy atom. The van der Waals surface area contributed by atoms with Gasteiger partial charge in [0.15, 0.2) is 16.1 Å². The number of nitrogen functional groups attached to an aromatic ring is 1. The summed E-state index contributed by atoms with van der Waals surface area (Å²) >= 11 is 7.60. The van der Waals surface area contributed by atoms with Crippen LogP contribution >= 0.6 is 23.4 Å². The van der Waals surface area contributed by atoms with Crippen LogP contribution in [-0.4, -0.2) is 33.0 Å². The van der Waals surface area contributed by atoms with Gasteiger partial charge in [0.1, 0.15) is 5.69 Å². The van der Waals surface area contributed by atoms with Crippen molar-refractivity contribution in [1.82, 2.24) is 9.97 Å². The number of nitrogens with zero attached hydrogens (tertiary/aromatic N) is 2. The van der Waals surface area contributed by atoms with Crippen LogP contribution < -0.4 is 11.1 Å². The van der Waals surface area contributed by atoms with Gasteiger partial charge in [0.25, 0.3) is 0 Å². The Bertz CT molecular complexity index is 446. The Morgan fingerprint density at radius 1 is 1.47 bits per heavy atom.